The van der Waals surface area contributed by atoms with E-state index in [1.807, 2.05) is 21.0 Å². The number of aromatic nitrogens is 2. The quantitative estimate of drug-likeness (QED) is 0.897. The van der Waals surface area contributed by atoms with Crippen molar-refractivity contribution in [3.05, 3.63) is 36.2 Å². The smallest absolute Gasteiger partial charge is 0.207 e. The minimum Gasteiger partial charge on any atom is -0.378 e. The molecule has 4 heteroatoms. The Kier molecular flexibility index (Phi) is 3.55. The molecule has 18 heavy (non-hydrogen) atoms. The average Bonchev–Trinajstić information content (AvgIpc) is 2.70. The number of nitrogens with zero attached hydrogens (tertiary/aromatic N) is 3. The van der Waals surface area contributed by atoms with Crippen LogP contribution in [0, 0.1) is 6.92 Å². The molecule has 0 saturated carbocycles. The molecule has 0 radical (unpaired) electrons. The fraction of sp³-hybridized carbons (Fsp3) is 0.357. The lowest BCUT2D eigenvalue weighted by atomic mass is 10.2. The standard InChI is InChI=1S/C14H20N4/c1-5-18-10-11(2)15-14(18)16-12-6-8-13(9-7-12)17(3)4/h6-10H,5H2,1-4H3,(H,15,16). The second kappa shape index (κ2) is 5.12. The molecule has 0 atom stereocenters. The van der Waals surface area contributed by atoms with Crippen LogP contribution in [0.15, 0.2) is 30.5 Å². The van der Waals surface area contributed by atoms with Crippen molar-refractivity contribution < 1.29 is 0 Å². The molecule has 0 fully saturated rings. The Morgan fingerprint density at radius 3 is 2.44 bits per heavy atom. The van der Waals surface area contributed by atoms with Gasteiger partial charge in [-0.15, -0.1) is 0 Å². The SMILES string of the molecule is CCn1cc(C)nc1Nc1ccc(N(C)C)cc1. The summed E-state index contributed by atoms with van der Waals surface area (Å²) in [5.74, 6) is 0.896. The minimum atomic E-state index is 0.896. The number of nitrogens with one attached hydrogen (secondary N) is 1. The predicted molar refractivity (Wildman–Crippen MR) is 76.7 cm³/mol. The fourth-order valence-corrected chi connectivity index (χ4v) is 1.86. The van der Waals surface area contributed by atoms with E-state index in [1.54, 1.807) is 0 Å². The van der Waals surface area contributed by atoms with Crippen LogP contribution in [-0.4, -0.2) is 23.6 Å². The highest BCUT2D eigenvalue weighted by Gasteiger charge is 2.04. The van der Waals surface area contributed by atoms with Gasteiger partial charge in [0.1, 0.15) is 0 Å². The van der Waals surface area contributed by atoms with E-state index in [-0.39, 0.29) is 0 Å². The summed E-state index contributed by atoms with van der Waals surface area (Å²) in [7, 11) is 4.07. The third kappa shape index (κ3) is 2.64. The lowest BCUT2D eigenvalue weighted by Crippen LogP contribution is -2.08. The Bertz CT molecular complexity index is 511. The van der Waals surface area contributed by atoms with E-state index in [9.17, 15) is 0 Å². The number of hydrogen-bond donors (Lipinski definition) is 1. The van der Waals surface area contributed by atoms with E-state index >= 15 is 0 Å². The maximum atomic E-state index is 4.48. The molecule has 0 unspecified atom stereocenters. The van der Waals surface area contributed by atoms with E-state index in [4.69, 9.17) is 0 Å². The molecule has 1 heterocycles. The lowest BCUT2D eigenvalue weighted by Gasteiger charge is -2.13. The van der Waals surface area contributed by atoms with E-state index in [0.29, 0.717) is 0 Å². The Morgan fingerprint density at radius 2 is 1.89 bits per heavy atom. The molecule has 0 aliphatic heterocycles. The lowest BCUT2D eigenvalue weighted by molar-refractivity contribution is 0.771. The monoisotopic (exact) mass is 244 g/mol. The largest absolute Gasteiger partial charge is 0.378 e. The number of hydrogen-bond acceptors (Lipinski definition) is 3. The molecule has 0 saturated heterocycles. The van der Waals surface area contributed by atoms with Gasteiger partial charge in [0, 0.05) is 38.2 Å². The molecule has 2 rings (SSSR count). The Hall–Kier alpha value is -1.97. The second-order valence-corrected chi connectivity index (χ2v) is 4.56. The molecule has 0 amide bonds. The van der Waals surface area contributed by atoms with Crippen molar-refractivity contribution >= 4 is 17.3 Å². The molecule has 4 nitrogen and oxygen atoms in total. The maximum Gasteiger partial charge on any atom is 0.207 e. The van der Waals surface area contributed by atoms with Crippen LogP contribution < -0.4 is 10.2 Å². The van der Waals surface area contributed by atoms with Gasteiger partial charge in [-0.1, -0.05) is 0 Å². The number of imidazole rings is 1. The first kappa shape index (κ1) is 12.5. The van der Waals surface area contributed by atoms with Crippen molar-refractivity contribution in [3.63, 3.8) is 0 Å². The van der Waals surface area contributed by atoms with Gasteiger partial charge in [0.25, 0.3) is 0 Å². The Balaban J connectivity index is 2.18. The minimum absolute atomic E-state index is 0.896. The first-order valence-corrected chi connectivity index (χ1v) is 6.18. The Morgan fingerprint density at radius 1 is 1.22 bits per heavy atom. The van der Waals surface area contributed by atoms with Crippen LogP contribution in [0.25, 0.3) is 0 Å². The molecular formula is C14H20N4. The van der Waals surface area contributed by atoms with Crippen molar-refractivity contribution in [2.75, 3.05) is 24.3 Å². The topological polar surface area (TPSA) is 33.1 Å². The second-order valence-electron chi connectivity index (χ2n) is 4.56. The van der Waals surface area contributed by atoms with Gasteiger partial charge in [-0.25, -0.2) is 4.98 Å². The number of anilines is 3. The van der Waals surface area contributed by atoms with Gasteiger partial charge >= 0.3 is 0 Å². The molecule has 0 aliphatic carbocycles. The van der Waals surface area contributed by atoms with Gasteiger partial charge in [-0.2, -0.15) is 0 Å². The summed E-state index contributed by atoms with van der Waals surface area (Å²) in [6, 6.07) is 8.32. The van der Waals surface area contributed by atoms with Crippen LogP contribution in [0.3, 0.4) is 0 Å². The van der Waals surface area contributed by atoms with Gasteiger partial charge in [-0.3, -0.25) is 0 Å². The first-order chi connectivity index (χ1) is 8.60. The third-order valence-corrected chi connectivity index (χ3v) is 2.88. The highest BCUT2D eigenvalue weighted by Crippen LogP contribution is 2.19. The summed E-state index contributed by atoms with van der Waals surface area (Å²) < 4.78 is 2.11. The van der Waals surface area contributed by atoms with Crippen LogP contribution in [0.5, 0.6) is 0 Å². The molecule has 0 bridgehead atoms. The molecule has 1 N–H and O–H groups in total. The third-order valence-electron chi connectivity index (χ3n) is 2.88. The summed E-state index contributed by atoms with van der Waals surface area (Å²) in [4.78, 5) is 6.56. The maximum absolute atomic E-state index is 4.48. The first-order valence-electron chi connectivity index (χ1n) is 6.18. The Labute approximate surface area is 108 Å². The van der Waals surface area contributed by atoms with Crippen LogP contribution >= 0.6 is 0 Å². The summed E-state index contributed by atoms with van der Waals surface area (Å²) in [5.41, 5.74) is 3.28. The van der Waals surface area contributed by atoms with Crippen LogP contribution in [-0.2, 0) is 6.54 Å². The zero-order valence-corrected chi connectivity index (χ0v) is 11.4. The van der Waals surface area contributed by atoms with Gasteiger partial charge in [0.05, 0.1) is 5.69 Å². The number of rotatable bonds is 4. The average molecular weight is 244 g/mol. The fourth-order valence-electron chi connectivity index (χ4n) is 1.86. The molecule has 96 valence electrons. The van der Waals surface area contributed by atoms with E-state index in [2.05, 4.69) is 57.2 Å². The van der Waals surface area contributed by atoms with Crippen molar-refractivity contribution in [2.45, 2.75) is 20.4 Å². The highest BCUT2D eigenvalue weighted by atomic mass is 15.2. The van der Waals surface area contributed by atoms with Gasteiger partial charge in [0.2, 0.25) is 5.95 Å². The van der Waals surface area contributed by atoms with Crippen molar-refractivity contribution in [1.82, 2.24) is 9.55 Å². The van der Waals surface area contributed by atoms with E-state index in [1.165, 1.54) is 5.69 Å². The summed E-state index contributed by atoms with van der Waals surface area (Å²) >= 11 is 0. The number of benzene rings is 1. The van der Waals surface area contributed by atoms with Gasteiger partial charge in [-0.05, 0) is 38.1 Å². The number of aryl methyl sites for hydroxylation is 2. The zero-order chi connectivity index (χ0) is 13.1. The van der Waals surface area contributed by atoms with Crippen LogP contribution in [0.1, 0.15) is 12.6 Å². The van der Waals surface area contributed by atoms with E-state index < -0.39 is 0 Å². The predicted octanol–water partition coefficient (Wildman–Crippen LogP) is 3.02. The van der Waals surface area contributed by atoms with Gasteiger partial charge in [0.15, 0.2) is 0 Å². The van der Waals surface area contributed by atoms with Crippen molar-refractivity contribution in [2.24, 2.45) is 0 Å². The van der Waals surface area contributed by atoms with Crippen LogP contribution in [0.2, 0.25) is 0 Å². The van der Waals surface area contributed by atoms with Gasteiger partial charge < -0.3 is 14.8 Å². The summed E-state index contributed by atoms with van der Waals surface area (Å²) in [6.07, 6.45) is 2.05. The molecular weight excluding hydrogens is 224 g/mol. The van der Waals surface area contributed by atoms with Crippen LogP contribution in [0.4, 0.5) is 17.3 Å². The van der Waals surface area contributed by atoms with Crippen molar-refractivity contribution in [1.29, 1.82) is 0 Å². The highest BCUT2D eigenvalue weighted by molar-refractivity contribution is 5.59. The zero-order valence-electron chi connectivity index (χ0n) is 11.4. The molecule has 1 aromatic carbocycles. The normalized spacial score (nSPS) is 10.4. The van der Waals surface area contributed by atoms with Crippen molar-refractivity contribution in [3.8, 4) is 0 Å². The molecule has 0 spiro atoms. The summed E-state index contributed by atoms with van der Waals surface area (Å²) in [6.45, 7) is 5.03. The van der Waals surface area contributed by atoms with E-state index in [0.717, 1.165) is 23.9 Å². The summed E-state index contributed by atoms with van der Waals surface area (Å²) in [5, 5.41) is 3.34. The molecule has 2 aromatic rings. The molecule has 0 aliphatic rings. The molecule has 1 aromatic heterocycles.